The maximum Gasteiger partial charge on any atom is 0.185 e. The minimum atomic E-state index is 0.112. The quantitative estimate of drug-likeness (QED) is 0.373. The minimum Gasteiger partial charge on any atom is -0.497 e. The lowest BCUT2D eigenvalue weighted by Gasteiger charge is -2.26. The summed E-state index contributed by atoms with van der Waals surface area (Å²) in [7, 11) is 3.29. The van der Waals surface area contributed by atoms with Crippen molar-refractivity contribution in [3.05, 3.63) is 64.7 Å². The van der Waals surface area contributed by atoms with Gasteiger partial charge in [-0.1, -0.05) is 18.2 Å². The maximum absolute atomic E-state index is 13.2. The van der Waals surface area contributed by atoms with Crippen LogP contribution in [0.3, 0.4) is 0 Å². The van der Waals surface area contributed by atoms with E-state index in [1.54, 1.807) is 14.2 Å². The zero-order chi connectivity index (χ0) is 24.5. The summed E-state index contributed by atoms with van der Waals surface area (Å²) < 4.78 is 22.3. The summed E-state index contributed by atoms with van der Waals surface area (Å²) >= 11 is 0. The van der Waals surface area contributed by atoms with E-state index in [-0.39, 0.29) is 5.78 Å². The SMILES string of the molecule is COc1cccc(/C=C2\CCC/C(=C\c3ccc(OCCCN4CCOCC4)c(OC)c3)C2=O)c1. The van der Waals surface area contributed by atoms with Gasteiger partial charge < -0.3 is 18.9 Å². The van der Waals surface area contributed by atoms with Crippen LogP contribution < -0.4 is 14.2 Å². The van der Waals surface area contributed by atoms with Gasteiger partial charge in [-0.05, 0) is 73.2 Å². The van der Waals surface area contributed by atoms with E-state index in [2.05, 4.69) is 4.90 Å². The summed E-state index contributed by atoms with van der Waals surface area (Å²) in [6, 6.07) is 13.6. The molecule has 0 amide bonds. The highest BCUT2D eigenvalue weighted by Gasteiger charge is 2.21. The van der Waals surface area contributed by atoms with Crippen LogP contribution in [0.1, 0.15) is 36.8 Å². The summed E-state index contributed by atoms with van der Waals surface area (Å²) in [4.78, 5) is 15.6. The number of ketones is 1. The van der Waals surface area contributed by atoms with Crippen LogP contribution in [-0.2, 0) is 9.53 Å². The van der Waals surface area contributed by atoms with Crippen molar-refractivity contribution in [1.82, 2.24) is 4.90 Å². The average molecular weight is 478 g/mol. The number of nitrogens with zero attached hydrogens (tertiary/aromatic N) is 1. The van der Waals surface area contributed by atoms with E-state index in [1.807, 2.05) is 54.6 Å². The molecule has 0 unspecified atom stereocenters. The van der Waals surface area contributed by atoms with Gasteiger partial charge in [0, 0.05) is 30.8 Å². The van der Waals surface area contributed by atoms with Crippen molar-refractivity contribution in [2.45, 2.75) is 25.7 Å². The predicted molar refractivity (Wildman–Crippen MR) is 138 cm³/mol. The standard InChI is InChI=1S/C29H35NO5/c1-32-26-9-3-6-22(20-26)18-24-7-4-8-25(29(24)31)19-23-10-11-27(28(21-23)33-2)35-15-5-12-30-13-16-34-17-14-30/h3,6,9-11,18-21H,4-5,7-8,12-17H2,1-2H3/b24-18+,25-19+. The zero-order valence-corrected chi connectivity index (χ0v) is 20.8. The molecule has 6 nitrogen and oxygen atoms in total. The van der Waals surface area contributed by atoms with Gasteiger partial charge in [-0.3, -0.25) is 9.69 Å². The number of ether oxygens (including phenoxy) is 4. The van der Waals surface area contributed by atoms with E-state index in [9.17, 15) is 4.79 Å². The Hall–Kier alpha value is -3.09. The lowest BCUT2D eigenvalue weighted by Crippen LogP contribution is -2.37. The van der Waals surface area contributed by atoms with Crippen LogP contribution in [0, 0.1) is 0 Å². The molecule has 4 rings (SSSR count). The van der Waals surface area contributed by atoms with Gasteiger partial charge >= 0.3 is 0 Å². The second-order valence-electron chi connectivity index (χ2n) is 8.86. The number of benzene rings is 2. The fourth-order valence-electron chi connectivity index (χ4n) is 4.50. The van der Waals surface area contributed by atoms with Crippen molar-refractivity contribution in [3.63, 3.8) is 0 Å². The first-order valence-corrected chi connectivity index (χ1v) is 12.4. The van der Waals surface area contributed by atoms with Crippen LogP contribution in [0.25, 0.3) is 12.2 Å². The maximum atomic E-state index is 13.2. The van der Waals surface area contributed by atoms with Crippen molar-refractivity contribution < 1.29 is 23.7 Å². The molecule has 1 saturated heterocycles. The molecule has 0 atom stereocenters. The largest absolute Gasteiger partial charge is 0.497 e. The molecule has 2 fully saturated rings. The first-order valence-electron chi connectivity index (χ1n) is 12.4. The minimum absolute atomic E-state index is 0.112. The molecule has 0 bridgehead atoms. The Morgan fingerprint density at radius 1 is 0.914 bits per heavy atom. The molecule has 1 aliphatic carbocycles. The van der Waals surface area contributed by atoms with Crippen molar-refractivity contribution >= 4 is 17.9 Å². The van der Waals surface area contributed by atoms with Crippen molar-refractivity contribution in [1.29, 1.82) is 0 Å². The predicted octanol–water partition coefficient (Wildman–Crippen LogP) is 5.02. The Morgan fingerprint density at radius 3 is 2.37 bits per heavy atom. The number of morpholine rings is 1. The first kappa shape index (κ1) is 25.0. The van der Waals surface area contributed by atoms with E-state index >= 15 is 0 Å². The van der Waals surface area contributed by atoms with E-state index < -0.39 is 0 Å². The van der Waals surface area contributed by atoms with E-state index in [1.165, 1.54) is 0 Å². The van der Waals surface area contributed by atoms with Gasteiger partial charge in [0.05, 0.1) is 34.0 Å². The normalized spacial score (nSPS) is 19.2. The van der Waals surface area contributed by atoms with Crippen LogP contribution in [0.5, 0.6) is 17.2 Å². The van der Waals surface area contributed by atoms with Gasteiger partial charge in [0.2, 0.25) is 0 Å². The topological polar surface area (TPSA) is 57.2 Å². The number of allylic oxidation sites excluding steroid dienone is 2. The van der Waals surface area contributed by atoms with Crippen LogP contribution in [0.15, 0.2) is 53.6 Å². The van der Waals surface area contributed by atoms with Crippen molar-refractivity contribution in [2.24, 2.45) is 0 Å². The Kier molecular flexibility index (Phi) is 8.98. The number of rotatable bonds is 9. The third-order valence-electron chi connectivity index (χ3n) is 6.42. The molecule has 1 saturated carbocycles. The Balaban J connectivity index is 1.40. The third-order valence-corrected chi connectivity index (χ3v) is 6.42. The number of methoxy groups -OCH3 is 2. The van der Waals surface area contributed by atoms with Gasteiger partial charge in [0.15, 0.2) is 17.3 Å². The lowest BCUT2D eigenvalue weighted by atomic mass is 9.87. The zero-order valence-electron chi connectivity index (χ0n) is 20.8. The number of hydrogen-bond donors (Lipinski definition) is 0. The molecular formula is C29H35NO5. The first-order chi connectivity index (χ1) is 17.2. The highest BCUT2D eigenvalue weighted by atomic mass is 16.5. The fourth-order valence-corrected chi connectivity index (χ4v) is 4.50. The molecule has 0 radical (unpaired) electrons. The molecular weight excluding hydrogens is 442 g/mol. The van der Waals surface area contributed by atoms with Crippen LogP contribution in [0.4, 0.5) is 0 Å². The molecule has 2 aromatic carbocycles. The number of carbonyl (C=O) groups excluding carboxylic acids is 1. The lowest BCUT2D eigenvalue weighted by molar-refractivity contribution is -0.112. The highest BCUT2D eigenvalue weighted by molar-refractivity contribution is 6.14. The Labute approximate surface area is 208 Å². The molecule has 1 heterocycles. The van der Waals surface area contributed by atoms with Crippen molar-refractivity contribution in [2.75, 3.05) is 53.7 Å². The molecule has 0 N–H and O–H groups in total. The molecule has 2 aliphatic rings. The Morgan fingerprint density at radius 2 is 1.66 bits per heavy atom. The average Bonchev–Trinajstić information content (AvgIpc) is 2.90. The molecule has 186 valence electrons. The van der Waals surface area contributed by atoms with Gasteiger partial charge in [-0.2, -0.15) is 0 Å². The second kappa shape index (κ2) is 12.6. The number of hydrogen-bond acceptors (Lipinski definition) is 6. The highest BCUT2D eigenvalue weighted by Crippen LogP contribution is 2.32. The van der Waals surface area contributed by atoms with Gasteiger partial charge in [0.25, 0.3) is 0 Å². The summed E-state index contributed by atoms with van der Waals surface area (Å²) in [5.74, 6) is 2.31. The van der Waals surface area contributed by atoms with E-state index in [0.717, 1.165) is 92.3 Å². The van der Waals surface area contributed by atoms with E-state index in [0.29, 0.717) is 12.4 Å². The summed E-state index contributed by atoms with van der Waals surface area (Å²) in [5.41, 5.74) is 3.58. The van der Waals surface area contributed by atoms with Crippen LogP contribution >= 0.6 is 0 Å². The molecule has 6 heteroatoms. The van der Waals surface area contributed by atoms with E-state index in [4.69, 9.17) is 18.9 Å². The smallest absolute Gasteiger partial charge is 0.185 e. The monoisotopic (exact) mass is 477 g/mol. The molecule has 2 aromatic rings. The second-order valence-corrected chi connectivity index (χ2v) is 8.86. The van der Waals surface area contributed by atoms with Gasteiger partial charge in [-0.15, -0.1) is 0 Å². The fraction of sp³-hybridized carbons (Fsp3) is 0.414. The molecule has 0 spiro atoms. The third kappa shape index (κ3) is 6.96. The number of Topliss-reactive ketones (excluding diaryl/α,β-unsaturated/α-hetero) is 1. The Bertz CT molecular complexity index is 1070. The molecule has 0 aromatic heterocycles. The van der Waals surface area contributed by atoms with Gasteiger partial charge in [0.1, 0.15) is 5.75 Å². The number of carbonyl (C=O) groups is 1. The summed E-state index contributed by atoms with van der Waals surface area (Å²) in [5, 5.41) is 0. The van der Waals surface area contributed by atoms with Crippen molar-refractivity contribution in [3.8, 4) is 17.2 Å². The molecule has 1 aliphatic heterocycles. The summed E-state index contributed by atoms with van der Waals surface area (Å²) in [6.45, 7) is 5.23. The van der Waals surface area contributed by atoms with Crippen LogP contribution in [-0.4, -0.2) is 64.4 Å². The summed E-state index contributed by atoms with van der Waals surface area (Å²) in [6.07, 6.45) is 7.42. The van der Waals surface area contributed by atoms with Gasteiger partial charge in [-0.25, -0.2) is 0 Å². The van der Waals surface area contributed by atoms with Crippen LogP contribution in [0.2, 0.25) is 0 Å². The molecule has 35 heavy (non-hydrogen) atoms.